The summed E-state index contributed by atoms with van der Waals surface area (Å²) in [5, 5.41) is 1.17. The molecule has 32 heavy (non-hydrogen) atoms. The average Bonchev–Trinajstić information content (AvgIpc) is 2.83. The zero-order chi connectivity index (χ0) is 21.7. The van der Waals surface area contributed by atoms with Crippen LogP contribution in [0.25, 0.3) is 44.5 Å². The molecule has 5 aromatic rings. The summed E-state index contributed by atoms with van der Waals surface area (Å²) in [6, 6.07) is 30.4. The lowest BCUT2D eigenvalue weighted by molar-refractivity contribution is 0.896. The van der Waals surface area contributed by atoms with E-state index >= 15 is 0 Å². The molecule has 0 bridgehead atoms. The molecular formula is C30H24N2. The summed E-state index contributed by atoms with van der Waals surface area (Å²) in [7, 11) is 0. The number of fused-ring (bicyclic) bond motifs is 4. The van der Waals surface area contributed by atoms with E-state index in [2.05, 4.69) is 98.8 Å². The van der Waals surface area contributed by atoms with Crippen LogP contribution in [0.5, 0.6) is 0 Å². The SMILES string of the molecule is Cc1ccc(-c2cc(-c3ccc(C)cc3)c3c(n2)-c2cc4ccccc4nc2CC3)cc1. The van der Waals surface area contributed by atoms with Gasteiger partial charge in [0.25, 0.3) is 0 Å². The number of aryl methyl sites for hydroxylation is 3. The number of hydrogen-bond donors (Lipinski definition) is 0. The smallest absolute Gasteiger partial charge is 0.0766 e. The van der Waals surface area contributed by atoms with Crippen LogP contribution in [0.3, 0.4) is 0 Å². The third kappa shape index (κ3) is 3.20. The van der Waals surface area contributed by atoms with Gasteiger partial charge in [0.15, 0.2) is 0 Å². The van der Waals surface area contributed by atoms with Crippen molar-refractivity contribution in [3.05, 3.63) is 107 Å². The predicted molar refractivity (Wildman–Crippen MR) is 133 cm³/mol. The van der Waals surface area contributed by atoms with E-state index in [0.29, 0.717) is 0 Å². The van der Waals surface area contributed by atoms with E-state index in [-0.39, 0.29) is 0 Å². The molecule has 154 valence electrons. The molecule has 0 saturated heterocycles. The third-order valence-electron chi connectivity index (χ3n) is 6.50. The second-order valence-electron chi connectivity index (χ2n) is 8.79. The van der Waals surface area contributed by atoms with E-state index in [1.165, 1.54) is 38.8 Å². The number of hydrogen-bond acceptors (Lipinski definition) is 2. The molecule has 0 amide bonds. The Morgan fingerprint density at radius 1 is 0.625 bits per heavy atom. The van der Waals surface area contributed by atoms with Crippen molar-refractivity contribution in [1.29, 1.82) is 0 Å². The highest BCUT2D eigenvalue weighted by atomic mass is 14.8. The summed E-state index contributed by atoms with van der Waals surface area (Å²) >= 11 is 0. The maximum atomic E-state index is 5.23. The highest BCUT2D eigenvalue weighted by Crippen LogP contribution is 2.40. The van der Waals surface area contributed by atoms with Gasteiger partial charge in [-0.2, -0.15) is 0 Å². The van der Waals surface area contributed by atoms with Crippen LogP contribution in [0.1, 0.15) is 22.4 Å². The summed E-state index contributed by atoms with van der Waals surface area (Å²) in [5.41, 5.74) is 13.0. The van der Waals surface area contributed by atoms with E-state index in [4.69, 9.17) is 9.97 Å². The van der Waals surface area contributed by atoms with Gasteiger partial charge in [-0.25, -0.2) is 4.98 Å². The Balaban J connectivity index is 1.63. The lowest BCUT2D eigenvalue weighted by Crippen LogP contribution is -2.10. The molecule has 2 aromatic heterocycles. The average molecular weight is 413 g/mol. The van der Waals surface area contributed by atoms with Crippen molar-refractivity contribution in [3.8, 4) is 33.6 Å². The Morgan fingerprint density at radius 3 is 2.06 bits per heavy atom. The van der Waals surface area contributed by atoms with Crippen LogP contribution in [0.4, 0.5) is 0 Å². The zero-order valence-electron chi connectivity index (χ0n) is 18.4. The van der Waals surface area contributed by atoms with Crippen LogP contribution < -0.4 is 0 Å². The normalized spacial score (nSPS) is 12.4. The van der Waals surface area contributed by atoms with E-state index in [9.17, 15) is 0 Å². The minimum atomic E-state index is 0.942. The van der Waals surface area contributed by atoms with E-state index in [1.807, 2.05) is 0 Å². The van der Waals surface area contributed by atoms with Gasteiger partial charge < -0.3 is 0 Å². The van der Waals surface area contributed by atoms with Crippen molar-refractivity contribution in [1.82, 2.24) is 9.97 Å². The quantitative estimate of drug-likeness (QED) is 0.303. The molecule has 2 nitrogen and oxygen atoms in total. The van der Waals surface area contributed by atoms with Gasteiger partial charge in [-0.1, -0.05) is 77.9 Å². The molecular weight excluding hydrogens is 388 g/mol. The van der Waals surface area contributed by atoms with Crippen molar-refractivity contribution in [2.24, 2.45) is 0 Å². The molecule has 0 saturated carbocycles. The standard InChI is InChI=1S/C30H24N2/c1-19-7-11-21(12-8-19)25-18-29(22-13-9-20(2)10-14-22)32-30-24(25)15-16-28-26(30)17-23-5-3-4-6-27(23)31-28/h3-14,17-18H,15-16H2,1-2H3. The molecule has 0 fully saturated rings. The number of aromatic nitrogens is 2. The zero-order valence-corrected chi connectivity index (χ0v) is 18.4. The fourth-order valence-corrected chi connectivity index (χ4v) is 4.71. The summed E-state index contributed by atoms with van der Waals surface area (Å²) in [4.78, 5) is 10.2. The molecule has 0 aliphatic heterocycles. The monoisotopic (exact) mass is 412 g/mol. The Bertz CT molecular complexity index is 1460. The van der Waals surface area contributed by atoms with Crippen molar-refractivity contribution < 1.29 is 0 Å². The van der Waals surface area contributed by atoms with Crippen LogP contribution in [0.15, 0.2) is 84.9 Å². The summed E-state index contributed by atoms with van der Waals surface area (Å²) in [6.07, 6.45) is 1.90. The fraction of sp³-hybridized carbons (Fsp3) is 0.133. The maximum absolute atomic E-state index is 5.23. The first kappa shape index (κ1) is 18.9. The number of nitrogens with zero attached hydrogens (tertiary/aromatic N) is 2. The first-order chi connectivity index (χ1) is 15.7. The van der Waals surface area contributed by atoms with E-state index in [1.54, 1.807) is 0 Å². The van der Waals surface area contributed by atoms with Gasteiger partial charge in [0.2, 0.25) is 0 Å². The molecule has 1 aliphatic carbocycles. The number of rotatable bonds is 2. The first-order valence-corrected chi connectivity index (χ1v) is 11.2. The van der Waals surface area contributed by atoms with Gasteiger partial charge >= 0.3 is 0 Å². The highest BCUT2D eigenvalue weighted by molar-refractivity contribution is 5.88. The second kappa shape index (κ2) is 7.42. The number of benzene rings is 3. The van der Waals surface area contributed by atoms with Gasteiger partial charge in [0.05, 0.1) is 22.6 Å². The first-order valence-electron chi connectivity index (χ1n) is 11.2. The summed E-state index contributed by atoms with van der Waals surface area (Å²) < 4.78 is 0. The summed E-state index contributed by atoms with van der Waals surface area (Å²) in [5.74, 6) is 0. The number of pyridine rings is 2. The van der Waals surface area contributed by atoms with Crippen molar-refractivity contribution in [2.45, 2.75) is 26.7 Å². The minimum Gasteiger partial charge on any atom is -0.252 e. The van der Waals surface area contributed by atoms with Gasteiger partial charge in [-0.3, -0.25) is 4.98 Å². The van der Waals surface area contributed by atoms with Crippen LogP contribution in [-0.2, 0) is 12.8 Å². The van der Waals surface area contributed by atoms with Gasteiger partial charge in [-0.05, 0) is 61.6 Å². The fourth-order valence-electron chi connectivity index (χ4n) is 4.71. The second-order valence-corrected chi connectivity index (χ2v) is 8.79. The molecule has 0 atom stereocenters. The van der Waals surface area contributed by atoms with Crippen LogP contribution in [0.2, 0.25) is 0 Å². The minimum absolute atomic E-state index is 0.942. The maximum Gasteiger partial charge on any atom is 0.0766 e. The molecule has 0 unspecified atom stereocenters. The van der Waals surface area contributed by atoms with Gasteiger partial charge in [-0.15, -0.1) is 0 Å². The van der Waals surface area contributed by atoms with Crippen LogP contribution >= 0.6 is 0 Å². The van der Waals surface area contributed by atoms with Gasteiger partial charge in [0, 0.05) is 16.5 Å². The largest absolute Gasteiger partial charge is 0.252 e. The Hall–Kier alpha value is -3.78. The molecule has 2 heteroatoms. The molecule has 2 heterocycles. The Morgan fingerprint density at radius 2 is 1.31 bits per heavy atom. The summed E-state index contributed by atoms with van der Waals surface area (Å²) in [6.45, 7) is 4.26. The topological polar surface area (TPSA) is 25.8 Å². The van der Waals surface area contributed by atoms with Crippen LogP contribution in [-0.4, -0.2) is 9.97 Å². The highest BCUT2D eigenvalue weighted by Gasteiger charge is 2.24. The molecule has 6 rings (SSSR count). The molecule has 0 spiro atoms. The van der Waals surface area contributed by atoms with Crippen molar-refractivity contribution in [3.63, 3.8) is 0 Å². The molecule has 0 radical (unpaired) electrons. The van der Waals surface area contributed by atoms with Crippen LogP contribution in [0, 0.1) is 13.8 Å². The van der Waals surface area contributed by atoms with Crippen molar-refractivity contribution >= 4 is 10.9 Å². The van der Waals surface area contributed by atoms with E-state index < -0.39 is 0 Å². The molecule has 3 aromatic carbocycles. The van der Waals surface area contributed by atoms with Gasteiger partial charge in [0.1, 0.15) is 0 Å². The predicted octanol–water partition coefficient (Wildman–Crippen LogP) is 7.35. The van der Waals surface area contributed by atoms with Crippen molar-refractivity contribution in [2.75, 3.05) is 0 Å². The lowest BCUT2D eigenvalue weighted by atomic mass is 9.85. The lowest BCUT2D eigenvalue weighted by Gasteiger charge is -2.23. The Kier molecular flexibility index (Phi) is 4.39. The number of para-hydroxylation sites is 1. The molecule has 1 aliphatic rings. The third-order valence-corrected chi connectivity index (χ3v) is 6.50. The molecule has 0 N–H and O–H groups in total. The Labute approximate surface area is 188 Å². The van der Waals surface area contributed by atoms with E-state index in [0.717, 1.165) is 41.0 Å².